The van der Waals surface area contributed by atoms with Crippen molar-refractivity contribution in [1.82, 2.24) is 15.4 Å². The zero-order valence-electron chi connectivity index (χ0n) is 15.2. The lowest BCUT2D eigenvalue weighted by Gasteiger charge is -2.24. The van der Waals surface area contributed by atoms with Crippen LogP contribution in [0, 0.1) is 0 Å². The zero-order valence-corrected chi connectivity index (χ0v) is 17.5. The molecule has 0 fully saturated rings. The van der Waals surface area contributed by atoms with Gasteiger partial charge >= 0.3 is 0 Å². The average molecular weight is 409 g/mol. The summed E-state index contributed by atoms with van der Waals surface area (Å²) in [5.41, 5.74) is 0.196. The predicted molar refractivity (Wildman–Crippen MR) is 106 cm³/mol. The Kier molecular flexibility index (Phi) is 7.99. The Hall–Kier alpha value is -1.02. The van der Waals surface area contributed by atoms with Crippen molar-refractivity contribution in [2.24, 2.45) is 4.99 Å². The van der Waals surface area contributed by atoms with Crippen molar-refractivity contribution in [3.05, 3.63) is 33.8 Å². The molecule has 0 aromatic heterocycles. The number of sulfonamides is 1. The van der Waals surface area contributed by atoms with E-state index in [1.165, 1.54) is 0 Å². The smallest absolute Gasteiger partial charge is 0.209 e. The van der Waals surface area contributed by atoms with Gasteiger partial charge in [0.15, 0.2) is 5.96 Å². The Morgan fingerprint density at radius 2 is 1.96 bits per heavy atom. The molecule has 0 spiro atoms. The van der Waals surface area contributed by atoms with Crippen molar-refractivity contribution in [3.8, 4) is 0 Å². The first kappa shape index (κ1) is 22.0. The molecule has 0 heterocycles. The Labute approximate surface area is 160 Å². The van der Waals surface area contributed by atoms with Crippen molar-refractivity contribution in [2.45, 2.75) is 39.3 Å². The number of aliphatic imine (C=N–C) groups is 1. The standard InChI is InChI=1S/C16H26Cl2N4O2S/c1-6-19-15(20-10-16(3,4)22-25(5,23)24)21-11(2)13-8-7-12(17)9-14(13)18/h7-9,11,22H,6,10H2,1-5H3,(H2,19,20,21). The van der Waals surface area contributed by atoms with Crippen molar-refractivity contribution in [2.75, 3.05) is 19.3 Å². The van der Waals surface area contributed by atoms with Crippen LogP contribution in [0.15, 0.2) is 23.2 Å². The number of nitrogens with one attached hydrogen (secondary N) is 3. The second kappa shape index (κ2) is 9.07. The summed E-state index contributed by atoms with van der Waals surface area (Å²) < 4.78 is 25.4. The van der Waals surface area contributed by atoms with E-state index in [2.05, 4.69) is 20.3 Å². The van der Waals surface area contributed by atoms with E-state index in [9.17, 15) is 8.42 Å². The topological polar surface area (TPSA) is 82.6 Å². The number of nitrogens with zero attached hydrogens (tertiary/aromatic N) is 1. The van der Waals surface area contributed by atoms with E-state index in [0.717, 1.165) is 11.8 Å². The lowest BCUT2D eigenvalue weighted by Crippen LogP contribution is -2.47. The molecule has 1 atom stereocenters. The molecule has 1 aromatic carbocycles. The molecule has 0 aliphatic heterocycles. The van der Waals surface area contributed by atoms with Gasteiger partial charge in [0.05, 0.1) is 18.8 Å². The minimum Gasteiger partial charge on any atom is -0.357 e. The molecule has 6 nitrogen and oxygen atoms in total. The third-order valence-electron chi connectivity index (χ3n) is 3.22. The molecule has 1 rings (SSSR count). The van der Waals surface area contributed by atoms with Gasteiger partial charge in [-0.1, -0.05) is 29.3 Å². The Bertz CT molecular complexity index is 721. The predicted octanol–water partition coefficient (Wildman–Crippen LogP) is 2.94. The molecule has 1 aromatic rings. The highest BCUT2D eigenvalue weighted by molar-refractivity contribution is 7.88. The molecule has 0 radical (unpaired) electrons. The van der Waals surface area contributed by atoms with Crippen LogP contribution in [0.25, 0.3) is 0 Å². The zero-order chi connectivity index (χ0) is 19.3. The monoisotopic (exact) mass is 408 g/mol. The molecule has 3 N–H and O–H groups in total. The molecule has 25 heavy (non-hydrogen) atoms. The number of hydrogen-bond donors (Lipinski definition) is 3. The van der Waals surface area contributed by atoms with E-state index in [4.69, 9.17) is 23.2 Å². The lowest BCUT2D eigenvalue weighted by atomic mass is 10.1. The molecule has 0 amide bonds. The lowest BCUT2D eigenvalue weighted by molar-refractivity contribution is 0.464. The van der Waals surface area contributed by atoms with E-state index in [0.29, 0.717) is 22.5 Å². The summed E-state index contributed by atoms with van der Waals surface area (Å²) >= 11 is 12.2. The van der Waals surface area contributed by atoms with Crippen LogP contribution < -0.4 is 15.4 Å². The van der Waals surface area contributed by atoms with Crippen LogP contribution in [0.3, 0.4) is 0 Å². The molecule has 9 heteroatoms. The van der Waals surface area contributed by atoms with Gasteiger partial charge in [-0.05, 0) is 45.4 Å². The van der Waals surface area contributed by atoms with Gasteiger partial charge in [0, 0.05) is 22.1 Å². The van der Waals surface area contributed by atoms with E-state index < -0.39 is 15.6 Å². The van der Waals surface area contributed by atoms with Crippen molar-refractivity contribution >= 4 is 39.2 Å². The number of halogens is 2. The van der Waals surface area contributed by atoms with Crippen LogP contribution in [-0.4, -0.2) is 39.3 Å². The third kappa shape index (κ3) is 8.27. The highest BCUT2D eigenvalue weighted by Gasteiger charge is 2.22. The number of guanidine groups is 1. The van der Waals surface area contributed by atoms with Crippen molar-refractivity contribution in [1.29, 1.82) is 0 Å². The molecular weight excluding hydrogens is 383 g/mol. The third-order valence-corrected chi connectivity index (χ3v) is 4.71. The fourth-order valence-corrected chi connectivity index (χ4v) is 3.91. The Balaban J connectivity index is 2.88. The van der Waals surface area contributed by atoms with Gasteiger partial charge < -0.3 is 10.6 Å². The van der Waals surface area contributed by atoms with E-state index in [1.807, 2.05) is 19.9 Å². The fourth-order valence-electron chi connectivity index (χ4n) is 2.27. The quantitative estimate of drug-likeness (QED) is 0.478. The molecule has 0 saturated carbocycles. The highest BCUT2D eigenvalue weighted by Crippen LogP contribution is 2.26. The molecule has 142 valence electrons. The molecule has 0 aliphatic carbocycles. The average Bonchev–Trinajstić information content (AvgIpc) is 2.42. The first-order valence-corrected chi connectivity index (χ1v) is 10.6. The number of rotatable bonds is 7. The maximum Gasteiger partial charge on any atom is 0.209 e. The Morgan fingerprint density at radius 3 is 2.48 bits per heavy atom. The van der Waals surface area contributed by atoms with Gasteiger partial charge in [-0.25, -0.2) is 13.1 Å². The van der Waals surface area contributed by atoms with Gasteiger partial charge in [0.2, 0.25) is 10.0 Å². The summed E-state index contributed by atoms with van der Waals surface area (Å²) in [4.78, 5) is 4.48. The van der Waals surface area contributed by atoms with Gasteiger partial charge in [-0.3, -0.25) is 4.99 Å². The molecule has 0 saturated heterocycles. The van der Waals surface area contributed by atoms with E-state index >= 15 is 0 Å². The largest absolute Gasteiger partial charge is 0.357 e. The van der Waals surface area contributed by atoms with Crippen LogP contribution in [-0.2, 0) is 10.0 Å². The fraction of sp³-hybridized carbons (Fsp3) is 0.562. The summed E-state index contributed by atoms with van der Waals surface area (Å²) in [5.74, 6) is 0.574. The van der Waals surface area contributed by atoms with Gasteiger partial charge in [-0.15, -0.1) is 0 Å². The van der Waals surface area contributed by atoms with Crippen LogP contribution in [0.5, 0.6) is 0 Å². The second-order valence-corrected chi connectivity index (χ2v) is 9.08. The van der Waals surface area contributed by atoms with Gasteiger partial charge in [0.25, 0.3) is 0 Å². The minimum absolute atomic E-state index is 0.103. The Morgan fingerprint density at radius 1 is 1.32 bits per heavy atom. The second-order valence-electron chi connectivity index (χ2n) is 6.49. The van der Waals surface area contributed by atoms with Crippen molar-refractivity contribution < 1.29 is 8.42 Å². The molecule has 0 aliphatic rings. The van der Waals surface area contributed by atoms with Crippen molar-refractivity contribution in [3.63, 3.8) is 0 Å². The molecule has 0 bridgehead atoms. The maximum atomic E-state index is 11.4. The van der Waals surface area contributed by atoms with Crippen LogP contribution in [0.1, 0.15) is 39.3 Å². The summed E-state index contributed by atoms with van der Waals surface area (Å²) in [5, 5.41) is 7.56. The van der Waals surface area contributed by atoms with Crippen LogP contribution >= 0.6 is 23.2 Å². The molecule has 1 unspecified atom stereocenters. The van der Waals surface area contributed by atoms with Gasteiger partial charge in [-0.2, -0.15) is 0 Å². The summed E-state index contributed by atoms with van der Waals surface area (Å²) in [7, 11) is -3.31. The maximum absolute atomic E-state index is 11.4. The van der Waals surface area contributed by atoms with E-state index in [1.54, 1.807) is 26.0 Å². The van der Waals surface area contributed by atoms with Gasteiger partial charge in [0.1, 0.15) is 0 Å². The van der Waals surface area contributed by atoms with Crippen LogP contribution in [0.2, 0.25) is 10.0 Å². The summed E-state index contributed by atoms with van der Waals surface area (Å²) in [6, 6.07) is 5.24. The first-order valence-electron chi connectivity index (χ1n) is 7.92. The van der Waals surface area contributed by atoms with Crippen LogP contribution in [0.4, 0.5) is 0 Å². The normalized spacial score (nSPS) is 14.3. The number of hydrogen-bond acceptors (Lipinski definition) is 3. The number of benzene rings is 1. The first-order chi connectivity index (χ1) is 11.4. The summed E-state index contributed by atoms with van der Waals surface area (Å²) in [6.45, 7) is 8.42. The highest BCUT2D eigenvalue weighted by atomic mass is 35.5. The minimum atomic E-state index is -3.31. The molecular formula is C16H26Cl2N4O2S. The van der Waals surface area contributed by atoms with E-state index in [-0.39, 0.29) is 12.6 Å². The summed E-state index contributed by atoms with van der Waals surface area (Å²) in [6.07, 6.45) is 1.13. The SMILES string of the molecule is CCNC(=NCC(C)(C)NS(C)(=O)=O)NC(C)c1ccc(Cl)cc1Cl.